The lowest BCUT2D eigenvalue weighted by molar-refractivity contribution is 0.268. The molecule has 3 rings (SSSR count). The molecule has 4 nitrogen and oxygen atoms in total. The Morgan fingerprint density at radius 1 is 1.47 bits per heavy atom. The van der Waals surface area contributed by atoms with E-state index in [2.05, 4.69) is 22.2 Å². The van der Waals surface area contributed by atoms with E-state index in [9.17, 15) is 0 Å². The summed E-state index contributed by atoms with van der Waals surface area (Å²) in [4.78, 5) is 2.59. The van der Waals surface area contributed by atoms with Crippen molar-refractivity contribution < 1.29 is 0 Å². The molecular formula is C13H22N4. The van der Waals surface area contributed by atoms with Gasteiger partial charge in [0, 0.05) is 37.9 Å². The lowest BCUT2D eigenvalue weighted by Crippen LogP contribution is -2.29. The van der Waals surface area contributed by atoms with Crippen molar-refractivity contribution in [3.8, 4) is 0 Å². The van der Waals surface area contributed by atoms with Crippen LogP contribution in [0.2, 0.25) is 0 Å². The third-order valence-electron chi connectivity index (χ3n) is 4.58. The minimum atomic E-state index is 0.579. The van der Waals surface area contributed by atoms with Crippen LogP contribution in [0, 0.1) is 12.3 Å². The van der Waals surface area contributed by atoms with Gasteiger partial charge in [-0.05, 0) is 38.3 Å². The van der Waals surface area contributed by atoms with Gasteiger partial charge in [0.05, 0.1) is 6.20 Å². The molecule has 2 saturated heterocycles. The van der Waals surface area contributed by atoms with Gasteiger partial charge in [-0.1, -0.05) is 0 Å². The number of rotatable bonds is 2. The molecule has 1 aromatic rings. The fraction of sp³-hybridized carbons (Fsp3) is 0.769. The molecule has 1 atom stereocenters. The molecular weight excluding hydrogens is 212 g/mol. The van der Waals surface area contributed by atoms with Gasteiger partial charge in [0.15, 0.2) is 0 Å². The molecule has 0 saturated carbocycles. The smallest absolute Gasteiger partial charge is 0.0537 e. The third-order valence-corrected chi connectivity index (χ3v) is 4.58. The van der Waals surface area contributed by atoms with Gasteiger partial charge >= 0.3 is 0 Å². The molecule has 1 N–H and O–H groups in total. The van der Waals surface area contributed by atoms with Crippen molar-refractivity contribution in [2.24, 2.45) is 12.5 Å². The Labute approximate surface area is 103 Å². The van der Waals surface area contributed by atoms with Gasteiger partial charge < -0.3 is 5.32 Å². The van der Waals surface area contributed by atoms with Crippen LogP contribution in [0.15, 0.2) is 6.20 Å². The molecule has 0 aromatic carbocycles. The zero-order valence-corrected chi connectivity index (χ0v) is 10.9. The van der Waals surface area contributed by atoms with Crippen LogP contribution in [-0.4, -0.2) is 40.9 Å². The lowest BCUT2D eigenvalue weighted by atomic mass is 9.87. The number of aryl methyl sites for hydroxylation is 1. The fourth-order valence-corrected chi connectivity index (χ4v) is 3.25. The van der Waals surface area contributed by atoms with Gasteiger partial charge in [-0.15, -0.1) is 0 Å². The number of hydrogen-bond acceptors (Lipinski definition) is 3. The molecule has 2 aliphatic rings. The maximum atomic E-state index is 4.32. The number of nitrogens with one attached hydrogen (secondary N) is 1. The van der Waals surface area contributed by atoms with E-state index in [1.165, 1.54) is 50.3 Å². The van der Waals surface area contributed by atoms with Crippen molar-refractivity contribution in [1.82, 2.24) is 20.0 Å². The van der Waals surface area contributed by atoms with Crippen LogP contribution in [0.4, 0.5) is 0 Å². The quantitative estimate of drug-likeness (QED) is 0.826. The zero-order valence-electron chi connectivity index (χ0n) is 10.9. The van der Waals surface area contributed by atoms with Crippen LogP contribution >= 0.6 is 0 Å². The third kappa shape index (κ3) is 2.00. The molecule has 0 aliphatic carbocycles. The van der Waals surface area contributed by atoms with E-state index in [0.717, 1.165) is 6.54 Å². The highest BCUT2D eigenvalue weighted by Gasteiger charge is 2.40. The first-order valence-electron chi connectivity index (χ1n) is 6.59. The summed E-state index contributed by atoms with van der Waals surface area (Å²) >= 11 is 0. The summed E-state index contributed by atoms with van der Waals surface area (Å²) in [5.41, 5.74) is 3.27. The Balaban J connectivity index is 1.66. The second-order valence-electron chi connectivity index (χ2n) is 5.77. The van der Waals surface area contributed by atoms with Gasteiger partial charge in [-0.3, -0.25) is 9.58 Å². The molecule has 94 valence electrons. The molecule has 4 heteroatoms. The number of likely N-dealkylation sites (tertiary alicyclic amines) is 1. The van der Waals surface area contributed by atoms with Crippen LogP contribution in [0.25, 0.3) is 0 Å². The van der Waals surface area contributed by atoms with Gasteiger partial charge in [0.1, 0.15) is 0 Å². The van der Waals surface area contributed by atoms with E-state index in [-0.39, 0.29) is 0 Å². The van der Waals surface area contributed by atoms with Gasteiger partial charge in [-0.25, -0.2) is 0 Å². The largest absolute Gasteiger partial charge is 0.316 e. The monoisotopic (exact) mass is 234 g/mol. The summed E-state index contributed by atoms with van der Waals surface area (Å²) in [6.07, 6.45) is 4.74. The highest BCUT2D eigenvalue weighted by Crippen LogP contribution is 2.36. The Kier molecular flexibility index (Phi) is 2.71. The standard InChI is InChI=1S/C13H22N4/c1-11-12(7-15-16(11)2)8-17-6-4-13(10-17)3-5-14-9-13/h7,14H,3-6,8-10H2,1-2H3. The van der Waals surface area contributed by atoms with E-state index in [0.29, 0.717) is 5.41 Å². The first-order chi connectivity index (χ1) is 8.19. The SMILES string of the molecule is Cc1c(CN2CCC3(CCNC3)C2)cnn1C. The highest BCUT2D eigenvalue weighted by atomic mass is 15.3. The zero-order chi connectivity index (χ0) is 11.9. The number of aromatic nitrogens is 2. The maximum Gasteiger partial charge on any atom is 0.0537 e. The molecule has 0 radical (unpaired) electrons. The van der Waals surface area contributed by atoms with Crippen LogP contribution in [0.1, 0.15) is 24.1 Å². The Morgan fingerprint density at radius 3 is 3.00 bits per heavy atom. The topological polar surface area (TPSA) is 33.1 Å². The van der Waals surface area contributed by atoms with Crippen LogP contribution in [0.3, 0.4) is 0 Å². The van der Waals surface area contributed by atoms with Gasteiger partial charge in [0.2, 0.25) is 0 Å². The summed E-state index contributed by atoms with van der Waals surface area (Å²) in [6, 6.07) is 0. The van der Waals surface area contributed by atoms with Crippen molar-refractivity contribution >= 4 is 0 Å². The van der Waals surface area contributed by atoms with Crippen LogP contribution < -0.4 is 5.32 Å². The first-order valence-corrected chi connectivity index (χ1v) is 6.59. The summed E-state index contributed by atoms with van der Waals surface area (Å²) < 4.78 is 1.97. The van der Waals surface area contributed by atoms with Crippen molar-refractivity contribution in [3.63, 3.8) is 0 Å². The minimum absolute atomic E-state index is 0.579. The van der Waals surface area contributed by atoms with E-state index in [4.69, 9.17) is 0 Å². The summed E-state index contributed by atoms with van der Waals surface area (Å²) in [5.74, 6) is 0. The van der Waals surface area contributed by atoms with Crippen molar-refractivity contribution in [2.45, 2.75) is 26.3 Å². The van der Waals surface area contributed by atoms with E-state index in [1.807, 2.05) is 17.9 Å². The molecule has 0 amide bonds. The van der Waals surface area contributed by atoms with Crippen molar-refractivity contribution in [2.75, 3.05) is 26.2 Å². The Bertz CT molecular complexity index is 404. The summed E-state index contributed by atoms with van der Waals surface area (Å²) in [7, 11) is 2.02. The van der Waals surface area contributed by atoms with Gasteiger partial charge in [-0.2, -0.15) is 5.10 Å². The molecule has 17 heavy (non-hydrogen) atoms. The highest BCUT2D eigenvalue weighted by molar-refractivity contribution is 5.16. The Morgan fingerprint density at radius 2 is 2.35 bits per heavy atom. The molecule has 2 aliphatic heterocycles. The summed E-state index contributed by atoms with van der Waals surface area (Å²) in [6.45, 7) is 8.16. The Hall–Kier alpha value is -0.870. The number of nitrogens with zero attached hydrogens (tertiary/aromatic N) is 3. The van der Waals surface area contributed by atoms with E-state index < -0.39 is 0 Å². The normalized spacial score (nSPS) is 29.5. The second-order valence-corrected chi connectivity index (χ2v) is 5.77. The maximum absolute atomic E-state index is 4.32. The summed E-state index contributed by atoms with van der Waals surface area (Å²) in [5, 5.41) is 7.84. The predicted octanol–water partition coefficient (Wildman–Crippen LogP) is 0.914. The van der Waals surface area contributed by atoms with Crippen LogP contribution in [-0.2, 0) is 13.6 Å². The molecule has 2 fully saturated rings. The van der Waals surface area contributed by atoms with Crippen molar-refractivity contribution in [3.05, 3.63) is 17.5 Å². The molecule has 1 unspecified atom stereocenters. The average molecular weight is 234 g/mol. The predicted molar refractivity (Wildman–Crippen MR) is 67.8 cm³/mol. The fourth-order valence-electron chi connectivity index (χ4n) is 3.25. The molecule has 3 heterocycles. The van der Waals surface area contributed by atoms with Crippen molar-refractivity contribution in [1.29, 1.82) is 0 Å². The molecule has 1 aromatic heterocycles. The average Bonchev–Trinajstić information content (AvgIpc) is 3.00. The molecule has 1 spiro atoms. The minimum Gasteiger partial charge on any atom is -0.316 e. The van der Waals surface area contributed by atoms with E-state index >= 15 is 0 Å². The van der Waals surface area contributed by atoms with E-state index in [1.54, 1.807) is 0 Å². The van der Waals surface area contributed by atoms with Gasteiger partial charge in [0.25, 0.3) is 0 Å². The lowest BCUT2D eigenvalue weighted by Gasteiger charge is -2.22. The first kappa shape index (κ1) is 11.2. The molecule has 0 bridgehead atoms. The second kappa shape index (κ2) is 4.10. The number of hydrogen-bond donors (Lipinski definition) is 1. The van der Waals surface area contributed by atoms with Crippen LogP contribution in [0.5, 0.6) is 0 Å².